The first-order valence-corrected chi connectivity index (χ1v) is 8.53. The summed E-state index contributed by atoms with van der Waals surface area (Å²) in [6, 6.07) is 9.71. The minimum Gasteiger partial charge on any atom is -0.493 e. The van der Waals surface area contributed by atoms with Crippen LogP contribution in [0.4, 0.5) is 10.5 Å². The van der Waals surface area contributed by atoms with E-state index in [0.29, 0.717) is 33.8 Å². The van der Waals surface area contributed by atoms with Gasteiger partial charge in [0.1, 0.15) is 0 Å². The third-order valence-corrected chi connectivity index (χ3v) is 4.06. The molecule has 2 rings (SSSR count). The Balaban J connectivity index is 2.05. The first-order valence-electron chi connectivity index (χ1n) is 7.78. The number of benzene rings is 2. The molecule has 0 bridgehead atoms. The number of carbonyl (C=O) groups is 1. The van der Waals surface area contributed by atoms with E-state index in [2.05, 4.69) is 10.6 Å². The SMILES string of the molecule is CCOc1cc(NC(=O)NC(C)c2ccc(Cl)cc2Cl)ccc1OC. The Morgan fingerprint density at radius 3 is 2.56 bits per heavy atom. The van der Waals surface area contributed by atoms with E-state index in [1.807, 2.05) is 13.8 Å². The first kappa shape index (κ1) is 19.2. The van der Waals surface area contributed by atoms with Crippen molar-refractivity contribution in [3.05, 3.63) is 52.0 Å². The monoisotopic (exact) mass is 382 g/mol. The van der Waals surface area contributed by atoms with Crippen LogP contribution in [-0.2, 0) is 0 Å². The number of methoxy groups -OCH3 is 1. The summed E-state index contributed by atoms with van der Waals surface area (Å²) in [7, 11) is 1.56. The highest BCUT2D eigenvalue weighted by atomic mass is 35.5. The molecule has 25 heavy (non-hydrogen) atoms. The Hall–Kier alpha value is -2.11. The van der Waals surface area contributed by atoms with Gasteiger partial charge in [0, 0.05) is 21.8 Å². The summed E-state index contributed by atoms with van der Waals surface area (Å²) in [5.41, 5.74) is 1.38. The molecule has 5 nitrogen and oxygen atoms in total. The second-order valence-electron chi connectivity index (χ2n) is 5.28. The van der Waals surface area contributed by atoms with Crippen LogP contribution in [0.5, 0.6) is 11.5 Å². The number of carbonyl (C=O) groups excluding carboxylic acids is 1. The Kier molecular flexibility index (Phi) is 6.79. The van der Waals surface area contributed by atoms with Crippen LogP contribution >= 0.6 is 23.2 Å². The number of hydrogen-bond acceptors (Lipinski definition) is 3. The molecule has 2 N–H and O–H groups in total. The molecule has 7 heteroatoms. The number of urea groups is 1. The average molecular weight is 383 g/mol. The topological polar surface area (TPSA) is 59.6 Å². The lowest BCUT2D eigenvalue weighted by atomic mass is 10.1. The van der Waals surface area contributed by atoms with E-state index in [9.17, 15) is 4.79 Å². The Morgan fingerprint density at radius 1 is 1.16 bits per heavy atom. The first-order chi connectivity index (χ1) is 11.9. The van der Waals surface area contributed by atoms with Crippen LogP contribution in [0, 0.1) is 0 Å². The largest absolute Gasteiger partial charge is 0.493 e. The molecule has 0 heterocycles. The van der Waals surface area contributed by atoms with Crippen LogP contribution in [0.1, 0.15) is 25.5 Å². The van der Waals surface area contributed by atoms with Crippen molar-refractivity contribution in [2.75, 3.05) is 19.0 Å². The summed E-state index contributed by atoms with van der Waals surface area (Å²) >= 11 is 12.1. The molecule has 0 spiro atoms. The van der Waals surface area contributed by atoms with Crippen molar-refractivity contribution < 1.29 is 14.3 Å². The lowest BCUT2D eigenvalue weighted by Gasteiger charge is -2.17. The van der Waals surface area contributed by atoms with E-state index in [1.54, 1.807) is 43.5 Å². The summed E-state index contributed by atoms with van der Waals surface area (Å²) in [6.07, 6.45) is 0. The standard InChI is InChI=1S/C18H20Cl2N2O3/c1-4-25-17-10-13(6-8-16(17)24-3)22-18(23)21-11(2)14-7-5-12(19)9-15(14)20/h5-11H,4H2,1-3H3,(H2,21,22,23). The van der Waals surface area contributed by atoms with Crippen LogP contribution in [-0.4, -0.2) is 19.7 Å². The number of ether oxygens (including phenoxy) is 2. The summed E-state index contributed by atoms with van der Waals surface area (Å²) in [5, 5.41) is 6.66. The molecule has 0 fully saturated rings. The zero-order valence-electron chi connectivity index (χ0n) is 14.2. The van der Waals surface area contributed by atoms with Gasteiger partial charge < -0.3 is 20.1 Å². The van der Waals surface area contributed by atoms with Crippen LogP contribution in [0.15, 0.2) is 36.4 Å². The Labute approximate surface area is 157 Å². The van der Waals surface area contributed by atoms with Crippen molar-refractivity contribution in [3.8, 4) is 11.5 Å². The van der Waals surface area contributed by atoms with Gasteiger partial charge in [0.2, 0.25) is 0 Å². The summed E-state index contributed by atoms with van der Waals surface area (Å²) in [4.78, 5) is 12.2. The molecule has 0 aliphatic carbocycles. The minimum absolute atomic E-state index is 0.283. The summed E-state index contributed by atoms with van der Waals surface area (Å²) in [5.74, 6) is 1.17. The summed E-state index contributed by atoms with van der Waals surface area (Å²) < 4.78 is 10.7. The zero-order valence-corrected chi connectivity index (χ0v) is 15.7. The minimum atomic E-state index is -0.355. The highest BCUT2D eigenvalue weighted by Gasteiger charge is 2.14. The number of halogens is 2. The van der Waals surface area contributed by atoms with Crippen molar-refractivity contribution in [2.24, 2.45) is 0 Å². The highest BCUT2D eigenvalue weighted by molar-refractivity contribution is 6.35. The molecule has 2 aromatic carbocycles. The van der Waals surface area contributed by atoms with Gasteiger partial charge in [-0.15, -0.1) is 0 Å². The average Bonchev–Trinajstić information content (AvgIpc) is 2.55. The third-order valence-electron chi connectivity index (χ3n) is 3.50. The predicted octanol–water partition coefficient (Wildman–Crippen LogP) is 5.28. The Bertz CT molecular complexity index is 753. The van der Waals surface area contributed by atoms with Crippen molar-refractivity contribution in [2.45, 2.75) is 19.9 Å². The van der Waals surface area contributed by atoms with Crippen molar-refractivity contribution >= 4 is 34.9 Å². The fourth-order valence-corrected chi connectivity index (χ4v) is 2.89. The molecular formula is C18H20Cl2N2O3. The smallest absolute Gasteiger partial charge is 0.319 e. The van der Waals surface area contributed by atoms with Gasteiger partial charge in [0.15, 0.2) is 11.5 Å². The number of nitrogens with one attached hydrogen (secondary N) is 2. The van der Waals surface area contributed by atoms with Crippen LogP contribution in [0.3, 0.4) is 0 Å². The quantitative estimate of drug-likeness (QED) is 0.713. The molecule has 134 valence electrons. The maximum atomic E-state index is 12.2. The number of anilines is 1. The molecule has 1 unspecified atom stereocenters. The Morgan fingerprint density at radius 2 is 1.92 bits per heavy atom. The van der Waals surface area contributed by atoms with Crippen LogP contribution in [0.25, 0.3) is 0 Å². The van der Waals surface area contributed by atoms with Crippen molar-refractivity contribution in [3.63, 3.8) is 0 Å². The van der Waals surface area contributed by atoms with Crippen molar-refractivity contribution in [1.82, 2.24) is 5.32 Å². The van der Waals surface area contributed by atoms with Crippen LogP contribution < -0.4 is 20.1 Å². The molecule has 2 amide bonds. The number of hydrogen-bond donors (Lipinski definition) is 2. The van der Waals surface area contributed by atoms with Gasteiger partial charge in [-0.1, -0.05) is 29.3 Å². The van der Waals surface area contributed by atoms with Gasteiger partial charge in [-0.2, -0.15) is 0 Å². The number of rotatable bonds is 6. The second-order valence-corrected chi connectivity index (χ2v) is 6.13. The van der Waals surface area contributed by atoms with E-state index in [1.165, 1.54) is 0 Å². The predicted molar refractivity (Wildman–Crippen MR) is 101 cm³/mol. The fourth-order valence-electron chi connectivity index (χ4n) is 2.32. The lowest BCUT2D eigenvalue weighted by Crippen LogP contribution is -2.31. The molecule has 0 aromatic heterocycles. The van der Waals surface area contributed by atoms with E-state index in [-0.39, 0.29) is 12.1 Å². The maximum absolute atomic E-state index is 12.2. The molecule has 0 saturated carbocycles. The normalized spacial score (nSPS) is 11.6. The van der Waals surface area contributed by atoms with Gasteiger partial charge in [0.05, 0.1) is 19.8 Å². The lowest BCUT2D eigenvalue weighted by molar-refractivity contribution is 0.249. The van der Waals surface area contributed by atoms with Gasteiger partial charge in [0.25, 0.3) is 0 Å². The summed E-state index contributed by atoms with van der Waals surface area (Å²) in [6.45, 7) is 4.22. The number of amides is 2. The van der Waals surface area contributed by atoms with E-state index >= 15 is 0 Å². The van der Waals surface area contributed by atoms with Gasteiger partial charge >= 0.3 is 6.03 Å². The van der Waals surface area contributed by atoms with E-state index < -0.39 is 0 Å². The zero-order chi connectivity index (χ0) is 18.4. The second kappa shape index (κ2) is 8.83. The highest BCUT2D eigenvalue weighted by Crippen LogP contribution is 2.30. The van der Waals surface area contributed by atoms with E-state index in [4.69, 9.17) is 32.7 Å². The van der Waals surface area contributed by atoms with Gasteiger partial charge in [-0.25, -0.2) is 4.79 Å². The van der Waals surface area contributed by atoms with Gasteiger partial charge in [-0.05, 0) is 43.7 Å². The molecular weight excluding hydrogens is 363 g/mol. The third kappa shape index (κ3) is 5.18. The maximum Gasteiger partial charge on any atom is 0.319 e. The van der Waals surface area contributed by atoms with Crippen LogP contribution in [0.2, 0.25) is 10.0 Å². The molecule has 0 aliphatic rings. The van der Waals surface area contributed by atoms with Gasteiger partial charge in [-0.3, -0.25) is 0 Å². The molecule has 0 saturated heterocycles. The molecule has 0 radical (unpaired) electrons. The molecule has 1 atom stereocenters. The molecule has 2 aromatic rings. The fraction of sp³-hybridized carbons (Fsp3) is 0.278. The molecule has 0 aliphatic heterocycles. The van der Waals surface area contributed by atoms with Crippen molar-refractivity contribution in [1.29, 1.82) is 0 Å². The van der Waals surface area contributed by atoms with E-state index in [0.717, 1.165) is 5.56 Å².